The first-order valence-electron chi connectivity index (χ1n) is 15.4. The van der Waals surface area contributed by atoms with Crippen molar-refractivity contribution in [1.29, 1.82) is 0 Å². The first kappa shape index (κ1) is 30.4. The molecule has 3 aromatic carbocycles. The smallest absolute Gasteiger partial charge is 0.305 e. The van der Waals surface area contributed by atoms with Crippen LogP contribution < -0.4 is 24.6 Å². The summed E-state index contributed by atoms with van der Waals surface area (Å²) in [6, 6.07) is 19.9. The summed E-state index contributed by atoms with van der Waals surface area (Å²) in [5, 5.41) is 14.7. The molecule has 2 N–H and O–H groups in total. The Bertz CT molecular complexity index is 2030. The minimum atomic E-state index is -0.539. The Balaban J connectivity index is 1.10. The van der Waals surface area contributed by atoms with Gasteiger partial charge in [-0.1, -0.05) is 29.5 Å². The van der Waals surface area contributed by atoms with Crippen LogP contribution in [0.3, 0.4) is 0 Å². The lowest BCUT2D eigenvalue weighted by molar-refractivity contribution is -0.384. The molecule has 4 aromatic rings. The van der Waals surface area contributed by atoms with E-state index in [-0.39, 0.29) is 63.8 Å². The summed E-state index contributed by atoms with van der Waals surface area (Å²) in [5.74, 6) is -1.41. The average molecular weight is 685 g/mol. The van der Waals surface area contributed by atoms with Crippen molar-refractivity contribution in [2.24, 2.45) is 29.6 Å². The second-order valence-corrected chi connectivity index (χ2v) is 14.6. The summed E-state index contributed by atoms with van der Waals surface area (Å²) in [4.78, 5) is 69.1. The predicted octanol–water partition coefficient (Wildman–Crippen LogP) is 5.05. The number of nitrogens with zero attached hydrogens (tertiary/aromatic N) is 2. The van der Waals surface area contributed by atoms with Crippen LogP contribution in [0.15, 0.2) is 82.6 Å². The van der Waals surface area contributed by atoms with E-state index in [1.807, 2.05) is 18.2 Å². The summed E-state index contributed by atoms with van der Waals surface area (Å²) >= 11 is 2.72. The van der Waals surface area contributed by atoms with Crippen LogP contribution in [0.5, 0.6) is 11.5 Å². The van der Waals surface area contributed by atoms with Crippen LogP contribution in [0, 0.1) is 39.7 Å². The number of H-pyrrole nitrogens is 1. The number of carbonyl (C=O) groups excluding carboxylic acids is 3. The van der Waals surface area contributed by atoms with Gasteiger partial charge in [-0.25, -0.2) is 0 Å². The highest BCUT2D eigenvalue weighted by Gasteiger charge is 2.69. The maximum absolute atomic E-state index is 14.0. The molecule has 2 bridgehead atoms. The van der Waals surface area contributed by atoms with E-state index < -0.39 is 16.8 Å². The van der Waals surface area contributed by atoms with E-state index in [0.29, 0.717) is 29.3 Å². The number of para-hydroxylation sites is 1. The zero-order chi connectivity index (χ0) is 33.3. The Morgan fingerprint density at radius 2 is 1.71 bits per heavy atom. The van der Waals surface area contributed by atoms with Crippen molar-refractivity contribution in [3.05, 3.63) is 103 Å². The SMILES string of the molecule is COc1ccc(NC(=O)COc2ccccc2[C@H]2c3sc(=O)[nH]c3SC3C4CC(C5C(=O)N(c6ccc([N+](=O)[O-])cc6)C(=O)C45)C32)cc1. The number of aromatic nitrogens is 1. The van der Waals surface area contributed by atoms with E-state index in [0.717, 1.165) is 26.8 Å². The lowest BCUT2D eigenvalue weighted by Gasteiger charge is -2.43. The molecule has 2 aliphatic carbocycles. The molecule has 48 heavy (non-hydrogen) atoms. The Morgan fingerprint density at radius 1 is 1.00 bits per heavy atom. The van der Waals surface area contributed by atoms with Crippen LogP contribution in [-0.4, -0.2) is 46.6 Å². The Labute approximate surface area is 281 Å². The number of fused-ring (bicyclic) bond motifs is 9. The third-order valence-corrected chi connectivity index (χ3v) is 12.6. The zero-order valence-corrected chi connectivity index (χ0v) is 27.0. The summed E-state index contributed by atoms with van der Waals surface area (Å²) < 4.78 is 11.3. The molecule has 3 amide bonds. The van der Waals surface area contributed by atoms with E-state index in [2.05, 4.69) is 10.3 Å². The fraction of sp³-hybridized carbons (Fsp3) is 0.294. The number of thioether (sulfide) groups is 1. The van der Waals surface area contributed by atoms with Gasteiger partial charge in [-0.2, -0.15) is 0 Å². The lowest BCUT2D eigenvalue weighted by Crippen LogP contribution is -2.42. The van der Waals surface area contributed by atoms with Gasteiger partial charge in [-0.3, -0.25) is 34.2 Å². The maximum Gasteiger partial charge on any atom is 0.305 e. The van der Waals surface area contributed by atoms with Crippen LogP contribution >= 0.6 is 23.1 Å². The van der Waals surface area contributed by atoms with Gasteiger partial charge in [0.25, 0.3) is 11.6 Å². The number of benzene rings is 3. The second kappa shape index (κ2) is 11.6. The van der Waals surface area contributed by atoms with E-state index in [4.69, 9.17) is 9.47 Å². The van der Waals surface area contributed by atoms with Crippen LogP contribution in [0.4, 0.5) is 17.1 Å². The molecule has 4 aliphatic rings. The van der Waals surface area contributed by atoms with E-state index >= 15 is 0 Å². The fourth-order valence-corrected chi connectivity index (χ4v) is 11.1. The van der Waals surface area contributed by atoms with Crippen molar-refractivity contribution < 1.29 is 28.8 Å². The van der Waals surface area contributed by atoms with Gasteiger partial charge < -0.3 is 19.8 Å². The number of nitro groups is 1. The molecule has 0 radical (unpaired) electrons. The maximum atomic E-state index is 14.0. The molecule has 6 unspecified atom stereocenters. The molecule has 3 heterocycles. The highest BCUT2D eigenvalue weighted by atomic mass is 32.2. The third kappa shape index (κ3) is 4.81. The zero-order valence-electron chi connectivity index (χ0n) is 25.4. The van der Waals surface area contributed by atoms with Crippen LogP contribution in [-0.2, 0) is 14.4 Å². The highest BCUT2D eigenvalue weighted by Crippen LogP contribution is 2.69. The number of rotatable bonds is 8. The van der Waals surface area contributed by atoms with Gasteiger partial charge in [-0.15, -0.1) is 11.8 Å². The minimum absolute atomic E-state index is 0.0426. The first-order chi connectivity index (χ1) is 23.2. The highest BCUT2D eigenvalue weighted by molar-refractivity contribution is 8.00. The minimum Gasteiger partial charge on any atom is -0.497 e. The van der Waals surface area contributed by atoms with Gasteiger partial charge >= 0.3 is 4.87 Å². The number of thiazole rings is 1. The van der Waals surface area contributed by atoms with Gasteiger partial charge in [0.15, 0.2) is 6.61 Å². The Morgan fingerprint density at radius 3 is 2.42 bits per heavy atom. The summed E-state index contributed by atoms with van der Waals surface area (Å²) in [5.41, 5.74) is 1.62. The molecule has 1 saturated heterocycles. The molecule has 3 fully saturated rings. The van der Waals surface area contributed by atoms with E-state index in [1.54, 1.807) is 49.2 Å². The summed E-state index contributed by atoms with van der Waals surface area (Å²) in [7, 11) is 1.57. The Kier molecular flexibility index (Phi) is 7.36. The molecule has 8 rings (SSSR count). The molecule has 12 nitrogen and oxygen atoms in total. The monoisotopic (exact) mass is 684 g/mol. The fourth-order valence-electron chi connectivity index (χ4n) is 8.23. The molecule has 2 aliphatic heterocycles. The number of amides is 3. The predicted molar refractivity (Wildman–Crippen MR) is 178 cm³/mol. The van der Waals surface area contributed by atoms with Crippen molar-refractivity contribution in [1.82, 2.24) is 4.98 Å². The van der Waals surface area contributed by atoms with Gasteiger partial charge in [0.1, 0.15) is 11.5 Å². The van der Waals surface area contributed by atoms with E-state index in [1.165, 1.54) is 29.2 Å². The number of imide groups is 1. The van der Waals surface area contributed by atoms with E-state index in [9.17, 15) is 29.3 Å². The van der Waals surface area contributed by atoms with Crippen LogP contribution in [0.25, 0.3) is 0 Å². The molecule has 7 atom stereocenters. The number of hydrogen-bond donors (Lipinski definition) is 2. The third-order valence-electron chi connectivity index (χ3n) is 10.0. The van der Waals surface area contributed by atoms with Crippen LogP contribution in [0.2, 0.25) is 0 Å². The quantitative estimate of drug-likeness (QED) is 0.147. The Hall–Kier alpha value is -4.95. The standard InChI is InChI=1S/C34H28N4O8S2/c1-45-19-12-6-16(7-13-19)35-24(39)15-46-23-5-3-2-4-20(23)25-26-21-14-22(29(26)47-31-30(25)48-34(42)36-31)28-27(21)32(40)37(33(28)41)17-8-10-18(11-9-17)38(43)44/h2-13,21-22,25-29H,14-15H2,1H3,(H,35,39)(H,36,42)/t21?,22?,25-,26?,27?,28?,29?/m1/s1. The van der Waals surface area contributed by atoms with Crippen LogP contribution in [0.1, 0.15) is 22.8 Å². The number of nitrogens with one attached hydrogen (secondary N) is 2. The van der Waals surface area contributed by atoms with Crippen molar-refractivity contribution >= 4 is 57.9 Å². The molecule has 14 heteroatoms. The van der Waals surface area contributed by atoms with Crippen molar-refractivity contribution in [2.75, 3.05) is 23.9 Å². The molecule has 1 aromatic heterocycles. The van der Waals surface area contributed by atoms with Gasteiger partial charge in [0, 0.05) is 39.4 Å². The molecular weight excluding hydrogens is 657 g/mol. The number of ether oxygens (including phenoxy) is 2. The van der Waals surface area contributed by atoms with Gasteiger partial charge in [0.05, 0.1) is 34.6 Å². The number of nitro benzene ring substituents is 1. The summed E-state index contributed by atoms with van der Waals surface area (Å²) in [6.07, 6.45) is 0.701. The molecule has 244 valence electrons. The van der Waals surface area contributed by atoms with Crippen molar-refractivity contribution in [3.63, 3.8) is 0 Å². The average Bonchev–Trinajstić information content (AvgIpc) is 3.83. The van der Waals surface area contributed by atoms with Gasteiger partial charge in [-0.05, 0) is 66.6 Å². The largest absolute Gasteiger partial charge is 0.497 e. The number of anilines is 2. The number of aromatic amines is 1. The topological polar surface area (TPSA) is 161 Å². The van der Waals surface area contributed by atoms with Gasteiger partial charge in [0.2, 0.25) is 11.8 Å². The second-order valence-electron chi connectivity index (χ2n) is 12.3. The number of carbonyl (C=O) groups is 3. The number of methoxy groups -OCH3 is 1. The molecular formula is C34H28N4O8S2. The number of non-ortho nitro benzene ring substituents is 1. The molecule has 0 spiro atoms. The van der Waals surface area contributed by atoms with Crippen molar-refractivity contribution in [3.8, 4) is 11.5 Å². The normalized spacial score (nSPS) is 26.5. The number of hydrogen-bond acceptors (Lipinski definition) is 10. The van der Waals surface area contributed by atoms with Crippen molar-refractivity contribution in [2.45, 2.75) is 22.6 Å². The molecule has 2 saturated carbocycles. The first-order valence-corrected chi connectivity index (χ1v) is 17.1. The lowest BCUT2D eigenvalue weighted by atomic mass is 9.68. The summed E-state index contributed by atoms with van der Waals surface area (Å²) in [6.45, 7) is -0.247.